The van der Waals surface area contributed by atoms with Crippen LogP contribution in [0, 0.1) is 50.2 Å². The van der Waals surface area contributed by atoms with E-state index in [0.717, 1.165) is 25.7 Å². The maximum Gasteiger partial charge on any atom is 0.168 e. The first-order chi connectivity index (χ1) is 15.2. The molecule has 7 rings (SSSR count). The average molecular weight is 455 g/mol. The van der Waals surface area contributed by atoms with Gasteiger partial charge in [-0.15, -0.1) is 0 Å². The molecule has 3 nitrogen and oxygen atoms in total. The zero-order valence-corrected chi connectivity index (χ0v) is 22.1. The molecule has 9 atom stereocenters. The van der Waals surface area contributed by atoms with Crippen molar-refractivity contribution in [3.8, 4) is 0 Å². The highest BCUT2D eigenvalue weighted by atomic mass is 16.6. The van der Waals surface area contributed by atoms with E-state index in [9.17, 15) is 9.90 Å². The van der Waals surface area contributed by atoms with Crippen LogP contribution in [-0.2, 0) is 9.53 Å². The Kier molecular flexibility index (Phi) is 4.39. The van der Waals surface area contributed by atoms with Gasteiger partial charge in [0.25, 0.3) is 0 Å². The molecule has 6 fully saturated rings. The summed E-state index contributed by atoms with van der Waals surface area (Å²) >= 11 is 0. The lowest BCUT2D eigenvalue weighted by Gasteiger charge is -2.72. The fourth-order valence-corrected chi connectivity index (χ4v) is 11.0. The lowest BCUT2D eigenvalue weighted by Crippen LogP contribution is -2.74. The number of aliphatic hydroxyl groups excluding tert-OH is 1. The largest absolute Gasteiger partial charge is 0.367 e. The standard InChI is InChI=1S/C30H46O3/c1-25(2)14-15-27(5)11-8-19-28(6)12-9-18-26(3,4)23-16-22(31)30(18,24(32)33-23)20(28)10-13-29(19,7)21(27)17-25/h8,18,20-21,23-24,32H,9-17H2,1-7H3/t18-,20-,21+,23-,24-,27-,28-,29+,30+/m0/s1. The lowest BCUT2D eigenvalue weighted by atomic mass is 9.33. The van der Waals surface area contributed by atoms with Gasteiger partial charge in [-0.05, 0) is 96.2 Å². The van der Waals surface area contributed by atoms with Crippen molar-refractivity contribution in [3.05, 3.63) is 11.6 Å². The number of aliphatic hydroxyl groups is 1. The maximum absolute atomic E-state index is 13.9. The number of Topliss-reactive ketones (excluding diaryl/α,β-unsaturated/α-hetero) is 1. The third-order valence-corrected chi connectivity index (χ3v) is 12.9. The first kappa shape index (κ1) is 22.8. The molecule has 4 saturated carbocycles. The second-order valence-corrected chi connectivity index (χ2v) is 15.3. The molecule has 0 unspecified atom stereocenters. The van der Waals surface area contributed by atoms with Crippen LogP contribution in [0.25, 0.3) is 0 Å². The fourth-order valence-electron chi connectivity index (χ4n) is 11.0. The van der Waals surface area contributed by atoms with Gasteiger partial charge in [0.2, 0.25) is 0 Å². The molecule has 2 bridgehead atoms. The second kappa shape index (κ2) is 6.36. The third kappa shape index (κ3) is 2.52. The zero-order chi connectivity index (χ0) is 23.8. The van der Waals surface area contributed by atoms with E-state index in [-0.39, 0.29) is 34.2 Å². The minimum absolute atomic E-state index is 0.0212. The molecular formula is C30H46O3. The van der Waals surface area contributed by atoms with Gasteiger partial charge >= 0.3 is 0 Å². The zero-order valence-electron chi connectivity index (χ0n) is 22.1. The van der Waals surface area contributed by atoms with Gasteiger partial charge in [-0.3, -0.25) is 4.79 Å². The van der Waals surface area contributed by atoms with E-state index in [4.69, 9.17) is 4.74 Å². The SMILES string of the molecule is CC1(C)CC[C@]2(C)CC=C3[C@]4(C)CC[C@H]5C(C)(C)[C@@H]6CC(=O)[C@@]5([C@H]4CC[C@@]3(C)[C@@H]2C1)[C@@H](O)O6. The minimum Gasteiger partial charge on any atom is -0.367 e. The van der Waals surface area contributed by atoms with Crippen LogP contribution in [0.15, 0.2) is 11.6 Å². The third-order valence-electron chi connectivity index (χ3n) is 12.9. The van der Waals surface area contributed by atoms with Crippen molar-refractivity contribution in [1.82, 2.24) is 0 Å². The summed E-state index contributed by atoms with van der Waals surface area (Å²) in [5, 5.41) is 11.4. The van der Waals surface area contributed by atoms with E-state index in [1.54, 1.807) is 5.57 Å². The van der Waals surface area contributed by atoms with Crippen molar-refractivity contribution in [2.45, 2.75) is 119 Å². The summed E-state index contributed by atoms with van der Waals surface area (Å²) < 4.78 is 6.23. The van der Waals surface area contributed by atoms with Gasteiger partial charge in [0.15, 0.2) is 6.29 Å². The van der Waals surface area contributed by atoms with Crippen LogP contribution >= 0.6 is 0 Å². The number of carbonyl (C=O) groups excluding carboxylic acids is 1. The molecule has 5 aliphatic carbocycles. The summed E-state index contributed by atoms with van der Waals surface area (Å²) in [6.07, 6.45) is 11.6. The van der Waals surface area contributed by atoms with E-state index in [2.05, 4.69) is 54.5 Å². The van der Waals surface area contributed by atoms with Crippen LogP contribution in [0.2, 0.25) is 0 Å². The normalized spacial score (nSPS) is 56.2. The molecule has 0 aromatic rings. The summed E-state index contributed by atoms with van der Waals surface area (Å²) in [7, 11) is 0. The number of rotatable bonds is 0. The molecule has 3 heteroatoms. The van der Waals surface area contributed by atoms with Crippen LogP contribution in [0.4, 0.5) is 0 Å². The first-order valence-electron chi connectivity index (χ1n) is 13.8. The quantitative estimate of drug-likeness (QED) is 0.415. The fraction of sp³-hybridized carbons (Fsp3) is 0.900. The Balaban J connectivity index is 1.47. The molecule has 33 heavy (non-hydrogen) atoms. The van der Waals surface area contributed by atoms with Crippen molar-refractivity contribution in [2.75, 3.05) is 0 Å². The molecule has 7 aliphatic rings. The van der Waals surface area contributed by atoms with Crippen molar-refractivity contribution in [3.63, 3.8) is 0 Å². The number of ether oxygens (including phenoxy) is 1. The molecule has 0 aromatic heterocycles. The minimum atomic E-state index is -0.932. The first-order valence-corrected chi connectivity index (χ1v) is 13.8. The molecule has 0 amide bonds. The van der Waals surface area contributed by atoms with Crippen LogP contribution < -0.4 is 0 Å². The lowest BCUT2D eigenvalue weighted by molar-refractivity contribution is -0.340. The highest BCUT2D eigenvalue weighted by Gasteiger charge is 2.75. The van der Waals surface area contributed by atoms with Gasteiger partial charge in [-0.1, -0.05) is 60.1 Å². The Labute approximate surface area is 201 Å². The summed E-state index contributed by atoms with van der Waals surface area (Å²) in [5.74, 6) is 1.42. The number of carbonyl (C=O) groups is 1. The van der Waals surface area contributed by atoms with E-state index >= 15 is 0 Å². The van der Waals surface area contributed by atoms with Crippen LogP contribution in [0.1, 0.15) is 106 Å². The predicted molar refractivity (Wildman–Crippen MR) is 130 cm³/mol. The van der Waals surface area contributed by atoms with E-state index < -0.39 is 11.7 Å². The van der Waals surface area contributed by atoms with E-state index in [0.29, 0.717) is 29.0 Å². The van der Waals surface area contributed by atoms with Gasteiger partial charge in [0.05, 0.1) is 11.5 Å². The molecule has 2 aliphatic heterocycles. The molecular weight excluding hydrogens is 408 g/mol. The van der Waals surface area contributed by atoms with Crippen molar-refractivity contribution >= 4 is 5.78 Å². The number of ketones is 1. The highest BCUT2D eigenvalue weighted by Crippen LogP contribution is 2.76. The Hall–Kier alpha value is -0.670. The van der Waals surface area contributed by atoms with Crippen LogP contribution in [0.5, 0.6) is 0 Å². The van der Waals surface area contributed by atoms with E-state index in [1.165, 1.54) is 25.7 Å². The summed E-state index contributed by atoms with van der Waals surface area (Å²) in [6.45, 7) is 17.1. The highest BCUT2D eigenvalue weighted by molar-refractivity contribution is 5.89. The number of fused-ring (bicyclic) bond motifs is 7. The smallest absolute Gasteiger partial charge is 0.168 e. The van der Waals surface area contributed by atoms with Crippen molar-refractivity contribution in [2.24, 2.45) is 50.2 Å². The summed E-state index contributed by atoms with van der Waals surface area (Å²) in [6, 6.07) is 0. The molecule has 184 valence electrons. The average Bonchev–Trinajstić information content (AvgIpc) is 2.71. The Morgan fingerprint density at radius 2 is 1.52 bits per heavy atom. The molecule has 2 saturated heterocycles. The molecule has 1 N–H and O–H groups in total. The van der Waals surface area contributed by atoms with Crippen molar-refractivity contribution < 1.29 is 14.6 Å². The number of hydrogen-bond acceptors (Lipinski definition) is 3. The Morgan fingerprint density at radius 1 is 0.879 bits per heavy atom. The predicted octanol–water partition coefficient (Wildman–Crippen LogP) is 6.68. The topological polar surface area (TPSA) is 46.5 Å². The summed E-state index contributed by atoms with van der Waals surface area (Å²) in [5.41, 5.74) is 1.86. The monoisotopic (exact) mass is 454 g/mol. The second-order valence-electron chi connectivity index (χ2n) is 15.3. The molecule has 2 heterocycles. The Morgan fingerprint density at radius 3 is 2.18 bits per heavy atom. The maximum atomic E-state index is 13.9. The van der Waals surface area contributed by atoms with Crippen LogP contribution in [0.3, 0.4) is 0 Å². The van der Waals surface area contributed by atoms with Crippen LogP contribution in [-0.4, -0.2) is 23.3 Å². The van der Waals surface area contributed by atoms with E-state index in [1.807, 2.05) is 0 Å². The molecule has 0 radical (unpaired) electrons. The van der Waals surface area contributed by atoms with Gasteiger partial charge < -0.3 is 9.84 Å². The van der Waals surface area contributed by atoms with Gasteiger partial charge in [-0.2, -0.15) is 0 Å². The molecule has 1 spiro atoms. The number of hydrogen-bond donors (Lipinski definition) is 1. The van der Waals surface area contributed by atoms with Gasteiger partial charge in [0, 0.05) is 6.42 Å². The van der Waals surface area contributed by atoms with Crippen molar-refractivity contribution in [1.29, 1.82) is 0 Å². The van der Waals surface area contributed by atoms with Gasteiger partial charge in [0.1, 0.15) is 5.78 Å². The number of allylic oxidation sites excluding steroid dienone is 2. The molecule has 0 aromatic carbocycles. The Bertz CT molecular complexity index is 931. The summed E-state index contributed by atoms with van der Waals surface area (Å²) in [4.78, 5) is 13.9. The van der Waals surface area contributed by atoms with Gasteiger partial charge in [-0.25, -0.2) is 0 Å².